The highest BCUT2D eigenvalue weighted by molar-refractivity contribution is 8.06. The number of ether oxygens (including phenoxy) is 2. The van der Waals surface area contributed by atoms with Gasteiger partial charge in [0.25, 0.3) is 13.4 Å². The molecule has 0 saturated carbocycles. The van der Waals surface area contributed by atoms with Crippen molar-refractivity contribution in [2.75, 3.05) is 18.9 Å². The van der Waals surface area contributed by atoms with Crippen LogP contribution >= 0.6 is 14.5 Å². The van der Waals surface area contributed by atoms with Gasteiger partial charge in [0.05, 0.1) is 19.5 Å². The molecule has 3 aromatic rings. The molecule has 0 radical (unpaired) electrons. The summed E-state index contributed by atoms with van der Waals surface area (Å²) in [6.45, 7) is -6.58. The number of alkyl halides is 2. The predicted molar refractivity (Wildman–Crippen MR) is 145 cm³/mol. The molecule has 44 heavy (non-hydrogen) atoms. The number of nitrogens with zero attached hydrogens (tertiary/aromatic N) is 5. The fourth-order valence-electron chi connectivity index (χ4n) is 4.70. The molecule has 6 heterocycles. The highest BCUT2D eigenvalue weighted by Gasteiger charge is 2.52. The van der Waals surface area contributed by atoms with Crippen LogP contribution in [0, 0.1) is 14.9 Å². The summed E-state index contributed by atoms with van der Waals surface area (Å²) in [5.74, 6) is -0.0235. The molecule has 2 unspecified atom stereocenters. The van der Waals surface area contributed by atoms with E-state index in [4.69, 9.17) is 45.1 Å². The van der Waals surface area contributed by atoms with Gasteiger partial charge in [-0.05, 0) is 0 Å². The van der Waals surface area contributed by atoms with Crippen LogP contribution in [-0.2, 0) is 43.9 Å². The number of nitrogens with one attached hydrogen (secondary N) is 1. The second kappa shape index (κ2) is 12.5. The van der Waals surface area contributed by atoms with Gasteiger partial charge in [0.1, 0.15) is 43.0 Å². The predicted octanol–water partition coefficient (Wildman–Crippen LogP) is -0.799. The molecule has 18 nitrogen and oxygen atoms in total. The number of aromatic amines is 1. The number of halogens is 2. The van der Waals surface area contributed by atoms with Crippen molar-refractivity contribution in [1.82, 2.24) is 29.1 Å². The SMILES string of the molecule is Nc1ncnc2c1ncn2[C@@H]1O[C@@H]2COP([O-])(=S)O[C@@H]3[C@H](F)[C@@H](COP(=O)([O-])O[C@@H]1[C@@H]2F)O[C@H]3n1ccc(=O)[nH]c1=O.[CH3+].[CH3+]. The number of H-pyrrole nitrogens is 1. The highest BCUT2D eigenvalue weighted by Crippen LogP contribution is 2.51. The molecule has 3 aromatic heterocycles. The number of hydrogen-bond donors (Lipinski definition) is 2. The van der Waals surface area contributed by atoms with Gasteiger partial charge in [-0.1, -0.05) is 11.8 Å². The summed E-state index contributed by atoms with van der Waals surface area (Å²) in [6.07, 6.45) is -11.9. The van der Waals surface area contributed by atoms with Crippen LogP contribution in [0.15, 0.2) is 34.5 Å². The summed E-state index contributed by atoms with van der Waals surface area (Å²) in [4.78, 5) is 63.5. The van der Waals surface area contributed by atoms with Crippen LogP contribution in [-0.4, -0.2) is 79.0 Å². The van der Waals surface area contributed by atoms with Crippen molar-refractivity contribution in [3.05, 3.63) is 60.6 Å². The lowest BCUT2D eigenvalue weighted by Crippen LogP contribution is -2.39. The van der Waals surface area contributed by atoms with E-state index in [1.165, 1.54) is 0 Å². The Bertz CT molecular complexity index is 1730. The fourth-order valence-corrected chi connectivity index (χ4v) is 7.00. The van der Waals surface area contributed by atoms with Gasteiger partial charge in [-0.2, -0.15) is 0 Å². The van der Waals surface area contributed by atoms with Gasteiger partial charge in [-0.3, -0.25) is 23.5 Å². The Morgan fingerprint density at radius 3 is 2.25 bits per heavy atom. The third-order valence-corrected chi connectivity index (χ3v) is 9.12. The summed E-state index contributed by atoms with van der Waals surface area (Å²) < 4.78 is 77.2. The maximum atomic E-state index is 15.7. The van der Waals surface area contributed by atoms with E-state index in [1.54, 1.807) is 0 Å². The molecule has 6 rings (SSSR count). The van der Waals surface area contributed by atoms with Crippen LogP contribution in [0.5, 0.6) is 0 Å². The minimum absolute atomic E-state index is 0. The van der Waals surface area contributed by atoms with E-state index in [-0.39, 0.29) is 31.8 Å². The van der Waals surface area contributed by atoms with Gasteiger partial charge in [-0.25, -0.2) is 28.5 Å². The Morgan fingerprint density at radius 2 is 1.59 bits per heavy atom. The number of phosphoric ester groups is 1. The van der Waals surface area contributed by atoms with Gasteiger partial charge in [0, 0.05) is 27.1 Å². The van der Waals surface area contributed by atoms with E-state index in [9.17, 15) is 23.9 Å². The third kappa shape index (κ3) is 6.31. The van der Waals surface area contributed by atoms with Crippen LogP contribution < -0.4 is 26.8 Å². The second-order valence-electron chi connectivity index (χ2n) is 9.25. The number of fused-ring (bicyclic) bond motifs is 5. The number of nitrogen functional groups attached to an aromatic ring is 1. The average molecular weight is 683 g/mol. The first kappa shape index (κ1) is 34.1. The number of anilines is 1. The van der Waals surface area contributed by atoms with E-state index < -0.39 is 88.2 Å². The number of hydrogen-bond acceptors (Lipinski definition) is 16. The zero-order valence-electron chi connectivity index (χ0n) is 22.7. The van der Waals surface area contributed by atoms with Gasteiger partial charge in [0.15, 0.2) is 36.3 Å². The van der Waals surface area contributed by atoms with Crippen LogP contribution in [0.1, 0.15) is 12.5 Å². The number of rotatable bonds is 2. The lowest BCUT2D eigenvalue weighted by atomic mass is 10.1. The lowest BCUT2D eigenvalue weighted by molar-refractivity contribution is -0.236. The van der Waals surface area contributed by atoms with Crippen molar-refractivity contribution in [3.63, 3.8) is 0 Å². The molecule has 0 aliphatic carbocycles. The van der Waals surface area contributed by atoms with E-state index in [1.807, 2.05) is 4.98 Å². The largest absolute Gasteiger partial charge is 0.780 e. The van der Waals surface area contributed by atoms with Crippen LogP contribution in [0.2, 0.25) is 0 Å². The Hall–Kier alpha value is -2.81. The van der Waals surface area contributed by atoms with Gasteiger partial charge < -0.3 is 43.1 Å². The van der Waals surface area contributed by atoms with Crippen molar-refractivity contribution in [3.8, 4) is 0 Å². The Kier molecular flexibility index (Phi) is 9.70. The normalized spacial score (nSPS) is 37.5. The molecule has 240 valence electrons. The monoisotopic (exact) mass is 683 g/mol. The van der Waals surface area contributed by atoms with Crippen LogP contribution in [0.4, 0.5) is 14.6 Å². The Balaban J connectivity index is 0.00000221. The molecular weight excluding hydrogens is 658 g/mol. The minimum atomic E-state index is -5.43. The molecule has 0 spiro atoms. The molecule has 4 bridgehead atoms. The molecule has 0 aromatic carbocycles. The number of nitrogens with two attached hydrogens (primary N) is 1. The average Bonchev–Trinajstić information content (AvgIpc) is 3.57. The van der Waals surface area contributed by atoms with Gasteiger partial charge in [0.2, 0.25) is 0 Å². The highest BCUT2D eigenvalue weighted by atomic mass is 32.5. The first-order valence-electron chi connectivity index (χ1n) is 11.9. The quantitative estimate of drug-likeness (QED) is 0.248. The molecular formula is C21H25F2N7O11P2S. The lowest BCUT2D eigenvalue weighted by Gasteiger charge is -2.34. The molecule has 3 N–H and O–H groups in total. The van der Waals surface area contributed by atoms with E-state index >= 15 is 8.78 Å². The maximum absolute atomic E-state index is 15.7. The van der Waals surface area contributed by atoms with E-state index in [0.717, 1.165) is 29.5 Å². The summed E-state index contributed by atoms with van der Waals surface area (Å²) in [5, 5.41) is 0. The zero-order chi connectivity index (χ0) is 30.0. The molecule has 3 fully saturated rings. The van der Waals surface area contributed by atoms with Crippen molar-refractivity contribution >= 4 is 43.3 Å². The summed E-state index contributed by atoms with van der Waals surface area (Å²) in [5.41, 5.74) is 4.10. The first-order valence-corrected chi connectivity index (χ1v) is 16.0. The molecule has 10 atom stereocenters. The standard InChI is InChI=1S/C19H21F2N7O11P2S.2CH3/c20-10-8-4-35-41(33,42)39-14-11(21)7(36-17(14)27-2-1-9(29)26-19(27)30)3-34-40(31,32)38-13(10)18(37-8)28-6-25-12-15(22)23-5-24-16(12)28;;/h1-2,5-8,10-11,13-14,17-18H,3-4H2,(H,31,32)(H,33,42)(H2,22,23,24)(H,26,29,30);2*1H3/q;2*+1/p-2/t7-,8-,10-,11-,13-,14-,17-,18-,41?;;/m1../s1. The molecule has 3 saturated heterocycles. The van der Waals surface area contributed by atoms with Crippen molar-refractivity contribution in [2.24, 2.45) is 0 Å². The molecule has 3 aliphatic rings. The molecule has 23 heteroatoms. The summed E-state index contributed by atoms with van der Waals surface area (Å²) in [6, 6.07) is 0.917. The second-order valence-corrected chi connectivity index (χ2v) is 13.3. The number of phosphoric acid groups is 1. The number of aromatic nitrogens is 6. The third-order valence-electron chi connectivity index (χ3n) is 6.61. The van der Waals surface area contributed by atoms with Crippen molar-refractivity contribution in [2.45, 2.75) is 49.2 Å². The first-order chi connectivity index (χ1) is 19.8. The Labute approximate surface area is 251 Å². The van der Waals surface area contributed by atoms with E-state index in [0.29, 0.717) is 4.57 Å². The topological polar surface area (TPSA) is 243 Å². The summed E-state index contributed by atoms with van der Waals surface area (Å²) >= 11 is 4.90. The maximum Gasteiger partial charge on any atom is 0.330 e. The van der Waals surface area contributed by atoms with Crippen LogP contribution in [0.3, 0.4) is 0 Å². The molecule has 0 amide bonds. The smallest absolute Gasteiger partial charge is 0.330 e. The number of imidazole rings is 1. The summed E-state index contributed by atoms with van der Waals surface area (Å²) in [7, 11) is -5.43. The minimum Gasteiger partial charge on any atom is -0.780 e. The fraction of sp³-hybridized carbons (Fsp3) is 0.476. The van der Waals surface area contributed by atoms with Gasteiger partial charge in [-0.15, -0.1) is 0 Å². The Morgan fingerprint density at radius 1 is 0.977 bits per heavy atom. The van der Waals surface area contributed by atoms with Crippen molar-refractivity contribution < 1.29 is 50.7 Å². The molecule has 3 aliphatic heterocycles. The van der Waals surface area contributed by atoms with Crippen molar-refractivity contribution in [1.29, 1.82) is 0 Å². The zero-order valence-corrected chi connectivity index (χ0v) is 25.3. The van der Waals surface area contributed by atoms with Crippen LogP contribution in [0.25, 0.3) is 11.2 Å². The van der Waals surface area contributed by atoms with E-state index in [2.05, 4.69) is 15.0 Å². The van der Waals surface area contributed by atoms with Gasteiger partial charge >= 0.3 is 5.69 Å².